The van der Waals surface area contributed by atoms with Gasteiger partial charge in [-0.2, -0.15) is 5.10 Å². The monoisotopic (exact) mass is 439 g/mol. The van der Waals surface area contributed by atoms with Crippen molar-refractivity contribution in [2.24, 2.45) is 0 Å². The lowest BCUT2D eigenvalue weighted by atomic mass is 10.1. The fourth-order valence-electron chi connectivity index (χ4n) is 4.13. The number of benzene rings is 3. The van der Waals surface area contributed by atoms with Gasteiger partial charge in [-0.1, -0.05) is 48.5 Å². The summed E-state index contributed by atoms with van der Waals surface area (Å²) < 4.78 is 0. The first-order valence-electron chi connectivity index (χ1n) is 11.1. The predicted molar refractivity (Wildman–Crippen MR) is 128 cm³/mol. The van der Waals surface area contributed by atoms with Crippen LogP contribution in [0.25, 0.3) is 10.9 Å². The van der Waals surface area contributed by atoms with Gasteiger partial charge in [0.15, 0.2) is 5.69 Å². The van der Waals surface area contributed by atoms with Gasteiger partial charge in [-0.25, -0.2) is 0 Å². The van der Waals surface area contributed by atoms with Crippen LogP contribution < -0.4 is 5.32 Å². The van der Waals surface area contributed by atoms with E-state index in [0.29, 0.717) is 24.3 Å². The van der Waals surface area contributed by atoms with Crippen molar-refractivity contribution in [2.75, 3.05) is 31.5 Å². The molecule has 0 saturated carbocycles. The van der Waals surface area contributed by atoms with E-state index in [4.69, 9.17) is 0 Å². The topological polar surface area (TPSA) is 81.3 Å². The number of carbonyl (C=O) groups is 2. The predicted octanol–water partition coefficient (Wildman–Crippen LogP) is 3.77. The van der Waals surface area contributed by atoms with Gasteiger partial charge in [0.2, 0.25) is 0 Å². The zero-order valence-corrected chi connectivity index (χ0v) is 18.2. The van der Waals surface area contributed by atoms with Crippen LogP contribution in [0.5, 0.6) is 0 Å². The fraction of sp³-hybridized carbons (Fsp3) is 0.192. The lowest BCUT2D eigenvalue weighted by Gasteiger charge is -2.34. The van der Waals surface area contributed by atoms with Gasteiger partial charge in [0.05, 0.1) is 5.52 Å². The van der Waals surface area contributed by atoms with Gasteiger partial charge < -0.3 is 10.2 Å². The van der Waals surface area contributed by atoms with E-state index < -0.39 is 0 Å². The Morgan fingerprint density at radius 1 is 0.848 bits per heavy atom. The molecule has 1 aromatic heterocycles. The van der Waals surface area contributed by atoms with Crippen LogP contribution in [-0.4, -0.2) is 58.0 Å². The molecule has 1 fully saturated rings. The number of anilines is 1. The molecule has 0 unspecified atom stereocenters. The lowest BCUT2D eigenvalue weighted by molar-refractivity contribution is 0.0624. The third-order valence-electron chi connectivity index (χ3n) is 5.99. The van der Waals surface area contributed by atoms with Crippen LogP contribution in [0.2, 0.25) is 0 Å². The molecule has 0 aliphatic carbocycles. The zero-order valence-electron chi connectivity index (χ0n) is 18.2. The van der Waals surface area contributed by atoms with Gasteiger partial charge in [-0.05, 0) is 35.9 Å². The Labute approximate surface area is 192 Å². The van der Waals surface area contributed by atoms with E-state index in [0.717, 1.165) is 41.8 Å². The number of amides is 2. The summed E-state index contributed by atoms with van der Waals surface area (Å²) in [6.07, 6.45) is 0. The van der Waals surface area contributed by atoms with Crippen molar-refractivity contribution < 1.29 is 9.59 Å². The standard InChI is InChI=1S/C26H25N5O2/c32-25(27-21-6-2-1-3-7-21)20-12-10-19(11-13-20)18-30-14-16-31(17-15-30)26(33)24-22-8-4-5-9-23(22)28-29-24/h1-13H,14-18H2,(H,27,32)(H,28,29). The van der Waals surface area contributed by atoms with Crippen molar-refractivity contribution in [2.45, 2.75) is 6.54 Å². The Hall–Kier alpha value is -3.97. The van der Waals surface area contributed by atoms with Gasteiger partial charge in [0.1, 0.15) is 0 Å². The molecular weight excluding hydrogens is 414 g/mol. The van der Waals surface area contributed by atoms with Crippen LogP contribution in [0.1, 0.15) is 26.4 Å². The van der Waals surface area contributed by atoms with Crippen molar-refractivity contribution in [1.29, 1.82) is 0 Å². The quantitative estimate of drug-likeness (QED) is 0.496. The summed E-state index contributed by atoms with van der Waals surface area (Å²) in [4.78, 5) is 29.6. The Morgan fingerprint density at radius 3 is 2.30 bits per heavy atom. The first kappa shape index (κ1) is 20.9. The third kappa shape index (κ3) is 4.63. The summed E-state index contributed by atoms with van der Waals surface area (Å²) in [5.74, 6) is -0.147. The maximum Gasteiger partial charge on any atom is 0.275 e. The van der Waals surface area contributed by atoms with Crippen molar-refractivity contribution in [1.82, 2.24) is 20.0 Å². The zero-order chi connectivity index (χ0) is 22.6. The highest BCUT2D eigenvalue weighted by Gasteiger charge is 2.25. The number of aromatic amines is 1. The van der Waals surface area contributed by atoms with E-state index in [1.165, 1.54) is 0 Å². The van der Waals surface area contributed by atoms with Gasteiger partial charge in [-0.3, -0.25) is 19.6 Å². The van der Waals surface area contributed by atoms with Crippen molar-refractivity contribution in [3.05, 3.63) is 95.7 Å². The molecule has 0 spiro atoms. The second-order valence-electron chi connectivity index (χ2n) is 8.20. The number of aromatic nitrogens is 2. The number of hydrogen-bond acceptors (Lipinski definition) is 4. The molecule has 33 heavy (non-hydrogen) atoms. The fourth-order valence-corrected chi connectivity index (χ4v) is 4.13. The smallest absolute Gasteiger partial charge is 0.275 e. The van der Waals surface area contributed by atoms with Crippen molar-refractivity contribution in [3.63, 3.8) is 0 Å². The first-order valence-corrected chi connectivity index (χ1v) is 11.1. The number of H-pyrrole nitrogens is 1. The van der Waals surface area contributed by atoms with E-state index in [1.807, 2.05) is 83.8 Å². The molecule has 0 bridgehead atoms. The summed E-state index contributed by atoms with van der Waals surface area (Å²) in [7, 11) is 0. The summed E-state index contributed by atoms with van der Waals surface area (Å²) >= 11 is 0. The van der Waals surface area contributed by atoms with Crippen LogP contribution in [0.4, 0.5) is 5.69 Å². The van der Waals surface area contributed by atoms with E-state index in [2.05, 4.69) is 20.4 Å². The number of hydrogen-bond donors (Lipinski definition) is 2. The third-order valence-corrected chi connectivity index (χ3v) is 5.99. The number of fused-ring (bicyclic) bond motifs is 1. The van der Waals surface area contributed by atoms with Gasteiger partial charge in [0.25, 0.3) is 11.8 Å². The van der Waals surface area contributed by atoms with Crippen LogP contribution >= 0.6 is 0 Å². The molecule has 7 heteroatoms. The maximum atomic E-state index is 13.0. The number of carbonyl (C=O) groups excluding carboxylic acids is 2. The molecule has 2 amide bonds. The molecule has 2 N–H and O–H groups in total. The van der Waals surface area contributed by atoms with E-state index in [-0.39, 0.29) is 11.8 Å². The second kappa shape index (κ2) is 9.26. The minimum atomic E-state index is -0.120. The Bertz CT molecular complexity index is 1260. The number of nitrogens with one attached hydrogen (secondary N) is 2. The molecule has 166 valence electrons. The molecule has 0 atom stereocenters. The normalized spacial score (nSPS) is 14.4. The number of piperazine rings is 1. The average molecular weight is 440 g/mol. The Balaban J connectivity index is 1.15. The molecule has 5 rings (SSSR count). The molecule has 2 heterocycles. The summed E-state index contributed by atoms with van der Waals surface area (Å²) in [5.41, 5.74) is 3.92. The van der Waals surface area contributed by atoms with Crippen LogP contribution in [0, 0.1) is 0 Å². The minimum Gasteiger partial charge on any atom is -0.335 e. The summed E-state index contributed by atoms with van der Waals surface area (Å²) in [5, 5.41) is 10.9. The molecule has 1 saturated heterocycles. The van der Waals surface area contributed by atoms with E-state index in [1.54, 1.807) is 0 Å². The molecule has 3 aromatic carbocycles. The van der Waals surface area contributed by atoms with Crippen LogP contribution in [0.15, 0.2) is 78.9 Å². The average Bonchev–Trinajstić information content (AvgIpc) is 3.29. The van der Waals surface area contributed by atoms with E-state index in [9.17, 15) is 9.59 Å². The van der Waals surface area contributed by atoms with Crippen molar-refractivity contribution in [3.8, 4) is 0 Å². The highest BCUT2D eigenvalue weighted by atomic mass is 16.2. The Kier molecular flexibility index (Phi) is 5.87. The summed E-state index contributed by atoms with van der Waals surface area (Å²) in [6.45, 7) is 3.71. The second-order valence-corrected chi connectivity index (χ2v) is 8.20. The number of nitrogens with zero attached hydrogens (tertiary/aromatic N) is 3. The molecule has 7 nitrogen and oxygen atoms in total. The van der Waals surface area contributed by atoms with E-state index >= 15 is 0 Å². The van der Waals surface area contributed by atoms with Crippen LogP contribution in [0.3, 0.4) is 0 Å². The first-order chi connectivity index (χ1) is 16.2. The highest BCUT2D eigenvalue weighted by Crippen LogP contribution is 2.18. The minimum absolute atomic E-state index is 0.0270. The highest BCUT2D eigenvalue weighted by molar-refractivity contribution is 6.05. The van der Waals surface area contributed by atoms with Gasteiger partial charge in [-0.15, -0.1) is 0 Å². The Morgan fingerprint density at radius 2 is 1.55 bits per heavy atom. The number of rotatable bonds is 5. The van der Waals surface area contributed by atoms with Crippen molar-refractivity contribution >= 4 is 28.4 Å². The maximum absolute atomic E-state index is 13.0. The molecule has 4 aromatic rings. The van der Waals surface area contributed by atoms with Gasteiger partial charge >= 0.3 is 0 Å². The van der Waals surface area contributed by atoms with Gasteiger partial charge in [0, 0.05) is 49.4 Å². The molecule has 1 aliphatic heterocycles. The SMILES string of the molecule is O=C(Nc1ccccc1)c1ccc(CN2CCN(C(=O)c3n[nH]c4ccccc34)CC2)cc1. The molecule has 0 radical (unpaired) electrons. The largest absolute Gasteiger partial charge is 0.335 e. The molecular formula is C26H25N5O2. The lowest BCUT2D eigenvalue weighted by Crippen LogP contribution is -2.48. The summed E-state index contributed by atoms with van der Waals surface area (Å²) in [6, 6.07) is 24.8. The van der Waals surface area contributed by atoms with Crippen LogP contribution in [-0.2, 0) is 6.54 Å². The number of para-hydroxylation sites is 2. The molecule has 1 aliphatic rings.